The van der Waals surface area contributed by atoms with E-state index in [1.807, 2.05) is 0 Å². The third kappa shape index (κ3) is 3.61. The van der Waals surface area contributed by atoms with Crippen LogP contribution in [0, 0.1) is 11.6 Å². The molecule has 26 heavy (non-hydrogen) atoms. The number of aryl methyl sites for hydroxylation is 1. The van der Waals surface area contributed by atoms with Gasteiger partial charge in [0.2, 0.25) is 10.0 Å². The number of hydrogen-bond donors (Lipinski definition) is 0. The largest absolute Gasteiger partial charge is 0.337 e. The summed E-state index contributed by atoms with van der Waals surface area (Å²) in [6, 6.07) is 2.97. The quantitative estimate of drug-likeness (QED) is 0.798. The number of rotatable bonds is 3. The predicted molar refractivity (Wildman–Crippen MR) is 88.8 cm³/mol. The Morgan fingerprint density at radius 1 is 1.12 bits per heavy atom. The summed E-state index contributed by atoms with van der Waals surface area (Å²) >= 11 is 0. The minimum absolute atomic E-state index is 0.0347. The lowest BCUT2D eigenvalue weighted by Gasteiger charge is -2.21. The number of amides is 1. The van der Waals surface area contributed by atoms with Gasteiger partial charge in [0.05, 0.1) is 6.20 Å². The van der Waals surface area contributed by atoms with Crippen molar-refractivity contribution in [1.82, 2.24) is 19.0 Å². The maximum atomic E-state index is 13.4. The Balaban J connectivity index is 1.73. The highest BCUT2D eigenvalue weighted by Gasteiger charge is 2.29. The fraction of sp³-hybridized carbons (Fsp3) is 0.375. The first-order valence-corrected chi connectivity index (χ1v) is 9.46. The van der Waals surface area contributed by atoms with Crippen LogP contribution < -0.4 is 0 Å². The van der Waals surface area contributed by atoms with E-state index in [4.69, 9.17) is 0 Å². The molecule has 0 bridgehead atoms. The molecule has 0 atom stereocenters. The predicted octanol–water partition coefficient (Wildman–Crippen LogP) is 1.24. The normalized spacial score (nSPS) is 16.5. The van der Waals surface area contributed by atoms with Gasteiger partial charge >= 0.3 is 0 Å². The lowest BCUT2D eigenvalue weighted by Crippen LogP contribution is -2.37. The summed E-state index contributed by atoms with van der Waals surface area (Å²) in [4.78, 5) is 14.0. The number of carbonyl (C=O) groups excluding carboxylic acids is 1. The van der Waals surface area contributed by atoms with Gasteiger partial charge in [-0.25, -0.2) is 17.2 Å². The molecule has 1 aromatic heterocycles. The third-order valence-electron chi connectivity index (χ3n) is 4.23. The second-order valence-electron chi connectivity index (χ2n) is 6.03. The number of aromatic nitrogens is 2. The monoisotopic (exact) mass is 384 g/mol. The number of hydrogen-bond acceptors (Lipinski definition) is 4. The summed E-state index contributed by atoms with van der Waals surface area (Å²) in [7, 11) is -2.06. The lowest BCUT2D eigenvalue weighted by atomic mass is 10.2. The van der Waals surface area contributed by atoms with Crippen molar-refractivity contribution >= 4 is 15.9 Å². The van der Waals surface area contributed by atoms with Crippen LogP contribution in [0.25, 0.3) is 0 Å². The third-order valence-corrected chi connectivity index (χ3v) is 6.08. The Kier molecular flexibility index (Phi) is 5.05. The van der Waals surface area contributed by atoms with Crippen molar-refractivity contribution < 1.29 is 22.0 Å². The van der Waals surface area contributed by atoms with Gasteiger partial charge in [-0.3, -0.25) is 9.48 Å². The minimum atomic E-state index is -3.69. The standard InChI is InChI=1S/C16H18F2N4O3S/c1-20-11-13(10-19-20)26(24,25)22-6-2-5-21(7-8-22)16(23)12-3-4-14(17)15(18)9-12/h3-4,9-11H,2,5-8H2,1H3. The van der Waals surface area contributed by atoms with E-state index in [9.17, 15) is 22.0 Å². The van der Waals surface area contributed by atoms with Crippen LogP contribution in [-0.4, -0.2) is 59.5 Å². The molecule has 0 saturated carbocycles. The Morgan fingerprint density at radius 3 is 2.54 bits per heavy atom. The van der Waals surface area contributed by atoms with E-state index < -0.39 is 27.6 Å². The highest BCUT2D eigenvalue weighted by atomic mass is 32.2. The molecule has 1 amide bonds. The first-order chi connectivity index (χ1) is 12.3. The Bertz CT molecular complexity index is 929. The van der Waals surface area contributed by atoms with Crippen molar-refractivity contribution in [3.63, 3.8) is 0 Å². The molecule has 0 radical (unpaired) electrons. The van der Waals surface area contributed by atoms with Gasteiger partial charge in [-0.15, -0.1) is 0 Å². The molecule has 2 aromatic rings. The summed E-state index contributed by atoms with van der Waals surface area (Å²) in [5.74, 6) is -2.57. The molecule has 1 saturated heterocycles. The van der Waals surface area contributed by atoms with Crippen molar-refractivity contribution in [1.29, 1.82) is 0 Å². The van der Waals surface area contributed by atoms with E-state index in [2.05, 4.69) is 5.10 Å². The second kappa shape index (κ2) is 7.12. The summed E-state index contributed by atoms with van der Waals surface area (Å²) in [6.45, 7) is 0.875. The second-order valence-corrected chi connectivity index (χ2v) is 7.97. The van der Waals surface area contributed by atoms with Crippen molar-refractivity contribution in [3.05, 3.63) is 47.8 Å². The van der Waals surface area contributed by atoms with Crippen LogP contribution in [0.15, 0.2) is 35.5 Å². The van der Waals surface area contributed by atoms with Gasteiger partial charge in [0.1, 0.15) is 4.90 Å². The molecule has 2 heterocycles. The minimum Gasteiger partial charge on any atom is -0.337 e. The lowest BCUT2D eigenvalue weighted by molar-refractivity contribution is 0.0763. The van der Waals surface area contributed by atoms with Crippen LogP contribution in [0.3, 0.4) is 0 Å². The summed E-state index contributed by atoms with van der Waals surface area (Å²) in [6.07, 6.45) is 3.14. The maximum Gasteiger partial charge on any atom is 0.254 e. The summed E-state index contributed by atoms with van der Waals surface area (Å²) in [5.41, 5.74) is 0.0347. The fourth-order valence-electron chi connectivity index (χ4n) is 2.83. The molecule has 1 aromatic carbocycles. The highest BCUT2D eigenvalue weighted by Crippen LogP contribution is 2.18. The van der Waals surface area contributed by atoms with Crippen LogP contribution in [0.1, 0.15) is 16.8 Å². The molecular weight excluding hydrogens is 366 g/mol. The van der Waals surface area contributed by atoms with Gasteiger partial charge < -0.3 is 4.90 Å². The number of benzene rings is 1. The van der Waals surface area contributed by atoms with Crippen LogP contribution in [0.5, 0.6) is 0 Å². The highest BCUT2D eigenvalue weighted by molar-refractivity contribution is 7.89. The Hall–Kier alpha value is -2.33. The first kappa shape index (κ1) is 18.5. The van der Waals surface area contributed by atoms with Gasteiger partial charge in [0.15, 0.2) is 11.6 Å². The van der Waals surface area contributed by atoms with Crippen molar-refractivity contribution in [2.75, 3.05) is 26.2 Å². The van der Waals surface area contributed by atoms with E-state index in [0.717, 1.165) is 12.1 Å². The van der Waals surface area contributed by atoms with Crippen LogP contribution >= 0.6 is 0 Å². The molecule has 3 rings (SSSR count). The average molecular weight is 384 g/mol. The topological polar surface area (TPSA) is 75.5 Å². The Labute approximate surface area is 149 Å². The molecule has 1 fully saturated rings. The van der Waals surface area contributed by atoms with Gasteiger partial charge in [0, 0.05) is 45.0 Å². The summed E-state index contributed by atoms with van der Waals surface area (Å²) < 4.78 is 54.4. The van der Waals surface area contributed by atoms with Crippen LogP contribution in [0.4, 0.5) is 8.78 Å². The zero-order valence-corrected chi connectivity index (χ0v) is 14.9. The van der Waals surface area contributed by atoms with E-state index in [1.165, 1.54) is 32.3 Å². The van der Waals surface area contributed by atoms with Gasteiger partial charge in [-0.05, 0) is 24.6 Å². The van der Waals surface area contributed by atoms with E-state index in [-0.39, 0.29) is 30.1 Å². The first-order valence-electron chi connectivity index (χ1n) is 8.02. The van der Waals surface area contributed by atoms with Crippen molar-refractivity contribution in [3.8, 4) is 0 Å². The molecule has 0 unspecified atom stereocenters. The number of nitrogens with zero attached hydrogens (tertiary/aromatic N) is 4. The zero-order chi connectivity index (χ0) is 18.9. The smallest absolute Gasteiger partial charge is 0.254 e. The molecule has 0 aliphatic carbocycles. The fourth-order valence-corrected chi connectivity index (χ4v) is 4.29. The maximum absolute atomic E-state index is 13.4. The number of carbonyl (C=O) groups is 1. The molecule has 0 spiro atoms. The number of halogens is 2. The molecule has 1 aliphatic heterocycles. The molecule has 7 nitrogen and oxygen atoms in total. The molecule has 140 valence electrons. The molecular formula is C16H18F2N4O3S. The SMILES string of the molecule is Cn1cc(S(=O)(=O)N2CCCN(C(=O)c3ccc(F)c(F)c3)CC2)cn1. The van der Waals surface area contributed by atoms with Crippen LogP contribution in [-0.2, 0) is 17.1 Å². The van der Waals surface area contributed by atoms with E-state index in [1.54, 1.807) is 7.05 Å². The zero-order valence-electron chi connectivity index (χ0n) is 14.1. The van der Waals surface area contributed by atoms with E-state index >= 15 is 0 Å². The average Bonchev–Trinajstić information content (AvgIpc) is 2.90. The Morgan fingerprint density at radius 2 is 1.88 bits per heavy atom. The van der Waals surface area contributed by atoms with Crippen molar-refractivity contribution in [2.45, 2.75) is 11.3 Å². The van der Waals surface area contributed by atoms with Gasteiger partial charge in [0.25, 0.3) is 5.91 Å². The van der Waals surface area contributed by atoms with Crippen LogP contribution in [0.2, 0.25) is 0 Å². The molecule has 1 aliphatic rings. The van der Waals surface area contributed by atoms with Gasteiger partial charge in [-0.2, -0.15) is 9.40 Å². The molecule has 10 heteroatoms. The van der Waals surface area contributed by atoms with Crippen molar-refractivity contribution in [2.24, 2.45) is 7.05 Å². The van der Waals surface area contributed by atoms with Gasteiger partial charge in [-0.1, -0.05) is 0 Å². The summed E-state index contributed by atoms with van der Waals surface area (Å²) in [5, 5.41) is 3.88. The van der Waals surface area contributed by atoms with E-state index in [0.29, 0.717) is 13.0 Å². The number of sulfonamides is 1. The molecule has 0 N–H and O–H groups in total.